The van der Waals surface area contributed by atoms with Crippen molar-refractivity contribution in [3.8, 4) is 5.75 Å². The van der Waals surface area contributed by atoms with Gasteiger partial charge in [0.2, 0.25) is 5.91 Å². The maximum absolute atomic E-state index is 12.8. The Balaban J connectivity index is 1.35. The first-order chi connectivity index (χ1) is 13.6. The van der Waals surface area contributed by atoms with Crippen molar-refractivity contribution in [2.24, 2.45) is 0 Å². The SMILES string of the molecule is O=C(/C=C/c1ccc(F)cc1)NCCc1ccc(OCC(=O)NC2CC2)cc1. The quantitative estimate of drug-likeness (QED) is 0.656. The molecular formula is C22H23FN2O3. The molecule has 1 saturated carbocycles. The van der Waals surface area contributed by atoms with Crippen LogP contribution in [0.4, 0.5) is 4.39 Å². The van der Waals surface area contributed by atoms with Crippen molar-refractivity contribution in [3.05, 3.63) is 71.6 Å². The van der Waals surface area contributed by atoms with E-state index in [-0.39, 0.29) is 24.2 Å². The van der Waals surface area contributed by atoms with Crippen molar-refractivity contribution in [1.82, 2.24) is 10.6 Å². The fourth-order valence-electron chi connectivity index (χ4n) is 2.53. The lowest BCUT2D eigenvalue weighted by Gasteiger charge is -2.08. The van der Waals surface area contributed by atoms with Gasteiger partial charge in [0.15, 0.2) is 6.61 Å². The lowest BCUT2D eigenvalue weighted by Crippen LogP contribution is -2.30. The summed E-state index contributed by atoms with van der Waals surface area (Å²) >= 11 is 0. The van der Waals surface area contributed by atoms with E-state index in [2.05, 4.69) is 10.6 Å². The molecule has 2 N–H and O–H groups in total. The van der Waals surface area contributed by atoms with Gasteiger partial charge in [-0.25, -0.2) is 4.39 Å². The third kappa shape index (κ3) is 6.87. The summed E-state index contributed by atoms with van der Waals surface area (Å²) in [6.45, 7) is 0.517. The predicted molar refractivity (Wildman–Crippen MR) is 105 cm³/mol. The summed E-state index contributed by atoms with van der Waals surface area (Å²) in [5.41, 5.74) is 1.82. The van der Waals surface area contributed by atoms with Crippen LogP contribution in [0, 0.1) is 5.82 Å². The number of rotatable bonds is 9. The Hall–Kier alpha value is -3.15. The van der Waals surface area contributed by atoms with Crippen LogP contribution in [0.5, 0.6) is 5.75 Å². The van der Waals surface area contributed by atoms with Gasteiger partial charge in [-0.1, -0.05) is 24.3 Å². The molecule has 0 bridgehead atoms. The molecule has 0 atom stereocenters. The van der Waals surface area contributed by atoms with Gasteiger partial charge >= 0.3 is 0 Å². The van der Waals surface area contributed by atoms with E-state index in [4.69, 9.17) is 4.74 Å². The van der Waals surface area contributed by atoms with Crippen LogP contribution in [0.1, 0.15) is 24.0 Å². The molecule has 1 aliphatic carbocycles. The zero-order valence-corrected chi connectivity index (χ0v) is 15.5. The topological polar surface area (TPSA) is 67.4 Å². The summed E-state index contributed by atoms with van der Waals surface area (Å²) < 4.78 is 18.3. The average Bonchev–Trinajstić information content (AvgIpc) is 3.51. The van der Waals surface area contributed by atoms with Crippen LogP contribution in [0.25, 0.3) is 6.08 Å². The minimum atomic E-state index is -0.306. The molecule has 0 unspecified atom stereocenters. The summed E-state index contributed by atoms with van der Waals surface area (Å²) in [7, 11) is 0. The van der Waals surface area contributed by atoms with Crippen molar-refractivity contribution >= 4 is 17.9 Å². The summed E-state index contributed by atoms with van der Waals surface area (Å²) in [6.07, 6.45) is 5.85. The van der Waals surface area contributed by atoms with E-state index in [0.29, 0.717) is 24.8 Å². The molecule has 1 fully saturated rings. The highest BCUT2D eigenvalue weighted by Gasteiger charge is 2.23. The standard InChI is InChI=1S/C22H23FN2O3/c23-18-6-1-16(2-7-18)5-12-21(26)24-14-13-17-3-10-20(11-4-17)28-15-22(27)25-19-8-9-19/h1-7,10-12,19H,8-9,13-15H2,(H,24,26)(H,25,27)/b12-5+. The highest BCUT2D eigenvalue weighted by atomic mass is 19.1. The smallest absolute Gasteiger partial charge is 0.258 e. The van der Waals surface area contributed by atoms with Gasteiger partial charge in [0.1, 0.15) is 11.6 Å². The molecule has 28 heavy (non-hydrogen) atoms. The van der Waals surface area contributed by atoms with Crippen LogP contribution in [-0.4, -0.2) is 31.0 Å². The second kappa shape index (κ2) is 9.69. The zero-order chi connectivity index (χ0) is 19.8. The highest BCUT2D eigenvalue weighted by Crippen LogP contribution is 2.18. The Kier molecular flexibility index (Phi) is 6.78. The van der Waals surface area contributed by atoms with Crippen LogP contribution in [0.2, 0.25) is 0 Å². The van der Waals surface area contributed by atoms with Crippen LogP contribution in [-0.2, 0) is 16.0 Å². The Morgan fingerprint density at radius 3 is 2.46 bits per heavy atom. The van der Waals surface area contributed by atoms with E-state index in [1.807, 2.05) is 24.3 Å². The van der Waals surface area contributed by atoms with Gasteiger partial charge in [0.05, 0.1) is 0 Å². The van der Waals surface area contributed by atoms with Crippen molar-refractivity contribution in [3.63, 3.8) is 0 Å². The third-order valence-corrected chi connectivity index (χ3v) is 4.25. The first kappa shape index (κ1) is 19.6. The van der Waals surface area contributed by atoms with Crippen LogP contribution >= 0.6 is 0 Å². The monoisotopic (exact) mass is 382 g/mol. The predicted octanol–water partition coefficient (Wildman–Crippen LogP) is 2.86. The summed E-state index contributed by atoms with van der Waals surface area (Å²) in [5.74, 6) is 0.0365. The molecule has 146 valence electrons. The number of nitrogens with one attached hydrogen (secondary N) is 2. The molecule has 0 spiro atoms. The van der Waals surface area contributed by atoms with Crippen LogP contribution in [0.3, 0.4) is 0 Å². The van der Waals surface area contributed by atoms with E-state index in [1.165, 1.54) is 18.2 Å². The Morgan fingerprint density at radius 2 is 1.79 bits per heavy atom. The van der Waals surface area contributed by atoms with Gasteiger partial charge in [0, 0.05) is 18.7 Å². The number of amides is 2. The minimum absolute atomic E-state index is 0.0201. The lowest BCUT2D eigenvalue weighted by molar-refractivity contribution is -0.123. The number of carbonyl (C=O) groups is 2. The first-order valence-electron chi connectivity index (χ1n) is 9.31. The lowest BCUT2D eigenvalue weighted by atomic mass is 10.1. The second-order valence-corrected chi connectivity index (χ2v) is 6.70. The Labute approximate surface area is 163 Å². The van der Waals surface area contributed by atoms with Crippen LogP contribution in [0.15, 0.2) is 54.6 Å². The van der Waals surface area contributed by atoms with E-state index in [9.17, 15) is 14.0 Å². The third-order valence-electron chi connectivity index (χ3n) is 4.25. The van der Waals surface area contributed by atoms with E-state index in [1.54, 1.807) is 18.2 Å². The van der Waals surface area contributed by atoms with E-state index < -0.39 is 0 Å². The molecule has 0 radical (unpaired) electrons. The molecule has 1 aliphatic rings. The van der Waals surface area contributed by atoms with Gasteiger partial charge < -0.3 is 15.4 Å². The molecule has 0 aliphatic heterocycles. The molecule has 0 heterocycles. The van der Waals surface area contributed by atoms with Crippen molar-refractivity contribution in [2.75, 3.05) is 13.2 Å². The number of hydrogen-bond donors (Lipinski definition) is 2. The molecule has 3 rings (SSSR count). The average molecular weight is 382 g/mol. The molecular weight excluding hydrogens is 359 g/mol. The summed E-state index contributed by atoms with van der Waals surface area (Å²) in [4.78, 5) is 23.4. The van der Waals surface area contributed by atoms with E-state index in [0.717, 1.165) is 24.0 Å². The largest absolute Gasteiger partial charge is 0.484 e. The summed E-state index contributed by atoms with van der Waals surface area (Å²) in [5, 5.41) is 5.68. The Morgan fingerprint density at radius 1 is 1.07 bits per heavy atom. The maximum atomic E-state index is 12.8. The highest BCUT2D eigenvalue weighted by molar-refractivity contribution is 5.91. The number of benzene rings is 2. The molecule has 2 amide bonds. The zero-order valence-electron chi connectivity index (χ0n) is 15.5. The molecule has 0 aromatic heterocycles. The van der Waals surface area contributed by atoms with E-state index >= 15 is 0 Å². The van der Waals surface area contributed by atoms with Crippen LogP contribution < -0.4 is 15.4 Å². The number of halogens is 1. The Bertz CT molecular complexity index is 828. The van der Waals surface area contributed by atoms with Crippen molar-refractivity contribution in [2.45, 2.75) is 25.3 Å². The van der Waals surface area contributed by atoms with Crippen molar-refractivity contribution in [1.29, 1.82) is 0 Å². The second-order valence-electron chi connectivity index (χ2n) is 6.70. The first-order valence-corrected chi connectivity index (χ1v) is 9.31. The number of carbonyl (C=O) groups excluding carboxylic acids is 2. The number of hydrogen-bond acceptors (Lipinski definition) is 3. The van der Waals surface area contributed by atoms with Gasteiger partial charge in [-0.2, -0.15) is 0 Å². The fraction of sp³-hybridized carbons (Fsp3) is 0.273. The van der Waals surface area contributed by atoms with Gasteiger partial charge in [0.25, 0.3) is 5.91 Å². The van der Waals surface area contributed by atoms with Gasteiger partial charge in [-0.15, -0.1) is 0 Å². The maximum Gasteiger partial charge on any atom is 0.258 e. The molecule has 2 aromatic carbocycles. The normalized spacial score (nSPS) is 13.3. The fourth-order valence-corrected chi connectivity index (χ4v) is 2.53. The molecule has 2 aromatic rings. The molecule has 5 nitrogen and oxygen atoms in total. The number of ether oxygens (including phenoxy) is 1. The minimum Gasteiger partial charge on any atom is -0.484 e. The van der Waals surface area contributed by atoms with Gasteiger partial charge in [-0.3, -0.25) is 9.59 Å². The molecule has 6 heteroatoms. The summed E-state index contributed by atoms with van der Waals surface area (Å²) in [6, 6.07) is 13.7. The van der Waals surface area contributed by atoms with Crippen molar-refractivity contribution < 1.29 is 18.7 Å². The van der Waals surface area contributed by atoms with Gasteiger partial charge in [-0.05, 0) is 60.7 Å². The molecule has 0 saturated heterocycles.